The van der Waals surface area contributed by atoms with Crippen LogP contribution in [0.15, 0.2) is 21.4 Å². The molecule has 19 heavy (non-hydrogen) atoms. The van der Waals surface area contributed by atoms with Crippen molar-refractivity contribution in [3.63, 3.8) is 0 Å². The van der Waals surface area contributed by atoms with Gasteiger partial charge in [-0.1, -0.05) is 13.8 Å². The van der Waals surface area contributed by atoms with Crippen LogP contribution in [0.1, 0.15) is 41.6 Å². The minimum atomic E-state index is -0.224. The van der Waals surface area contributed by atoms with Crippen LogP contribution >= 0.6 is 27.3 Å². The molecular formula is C13H14BrN3OS. The van der Waals surface area contributed by atoms with Gasteiger partial charge < -0.3 is 5.32 Å². The third kappa shape index (κ3) is 3.19. The summed E-state index contributed by atoms with van der Waals surface area (Å²) in [5.41, 5.74) is 2.24. The molecule has 0 aromatic carbocycles. The molecular weight excluding hydrogens is 326 g/mol. The van der Waals surface area contributed by atoms with Crippen LogP contribution in [0.2, 0.25) is 0 Å². The predicted molar refractivity (Wildman–Crippen MR) is 80.8 cm³/mol. The maximum Gasteiger partial charge on any atom is 0.275 e. The fourth-order valence-electron chi connectivity index (χ4n) is 1.49. The van der Waals surface area contributed by atoms with E-state index in [1.807, 2.05) is 31.5 Å². The highest BCUT2D eigenvalue weighted by Gasteiger charge is 2.16. The van der Waals surface area contributed by atoms with Gasteiger partial charge in [0.05, 0.1) is 10.2 Å². The fraction of sp³-hybridized carbons (Fsp3) is 0.308. The van der Waals surface area contributed by atoms with Crippen LogP contribution < -0.4 is 5.32 Å². The van der Waals surface area contributed by atoms with Crippen LogP contribution in [0.5, 0.6) is 0 Å². The van der Waals surface area contributed by atoms with Crippen LogP contribution in [0.4, 0.5) is 5.69 Å². The van der Waals surface area contributed by atoms with Crippen molar-refractivity contribution in [1.29, 1.82) is 0 Å². The average Bonchev–Trinajstić information content (AvgIpc) is 2.75. The molecule has 0 aliphatic heterocycles. The van der Waals surface area contributed by atoms with Gasteiger partial charge >= 0.3 is 0 Å². The van der Waals surface area contributed by atoms with Gasteiger partial charge in [-0.05, 0) is 33.8 Å². The Labute approximate surface area is 124 Å². The number of anilines is 1. The Hall–Kier alpha value is -1.27. The van der Waals surface area contributed by atoms with E-state index in [2.05, 4.69) is 31.2 Å². The van der Waals surface area contributed by atoms with Crippen molar-refractivity contribution in [2.45, 2.75) is 26.7 Å². The Morgan fingerprint density at radius 1 is 1.42 bits per heavy atom. The minimum Gasteiger partial charge on any atom is -0.320 e. The molecule has 4 nitrogen and oxygen atoms in total. The molecule has 1 N–H and O–H groups in total. The molecule has 0 fully saturated rings. The van der Waals surface area contributed by atoms with Crippen LogP contribution in [0.3, 0.4) is 0 Å². The number of aryl methyl sites for hydroxylation is 1. The van der Waals surface area contributed by atoms with Gasteiger partial charge in [-0.3, -0.25) is 4.79 Å². The van der Waals surface area contributed by atoms with Gasteiger partial charge in [-0.15, -0.1) is 11.3 Å². The zero-order valence-corrected chi connectivity index (χ0v) is 13.3. The lowest BCUT2D eigenvalue weighted by molar-refractivity contribution is 0.102. The van der Waals surface area contributed by atoms with Crippen molar-refractivity contribution in [3.05, 3.63) is 38.5 Å². The number of hydrogen-bond acceptors (Lipinski definition) is 4. The standard InChI is InChI=1S/C13H14BrN3OS/c1-7(2)12-15-4-9(14)11(17-12)13(18)16-10-6-19-5-8(10)3/h4-7H,1-3H3,(H,16,18). The summed E-state index contributed by atoms with van der Waals surface area (Å²) in [5, 5.41) is 6.76. The zero-order valence-electron chi connectivity index (χ0n) is 10.9. The maximum absolute atomic E-state index is 12.2. The molecule has 0 saturated carbocycles. The predicted octanol–water partition coefficient (Wildman–Crippen LogP) is 3.98. The summed E-state index contributed by atoms with van der Waals surface area (Å²) in [7, 11) is 0. The Morgan fingerprint density at radius 3 is 2.74 bits per heavy atom. The number of hydrogen-bond donors (Lipinski definition) is 1. The largest absolute Gasteiger partial charge is 0.320 e. The number of carbonyl (C=O) groups excluding carboxylic acids is 1. The molecule has 2 aromatic heterocycles. The summed E-state index contributed by atoms with van der Waals surface area (Å²) in [6.07, 6.45) is 1.62. The molecule has 1 amide bonds. The van der Waals surface area contributed by atoms with E-state index >= 15 is 0 Å². The molecule has 0 aliphatic carbocycles. The van der Waals surface area contributed by atoms with Crippen LogP contribution in [0, 0.1) is 6.92 Å². The Kier molecular flexibility index (Phi) is 4.31. The molecule has 0 spiro atoms. The quantitative estimate of drug-likeness (QED) is 0.919. The second kappa shape index (κ2) is 5.79. The number of nitrogens with one attached hydrogen (secondary N) is 1. The maximum atomic E-state index is 12.2. The highest BCUT2D eigenvalue weighted by molar-refractivity contribution is 9.10. The first kappa shape index (κ1) is 14.1. The summed E-state index contributed by atoms with van der Waals surface area (Å²) >= 11 is 4.88. The fourth-order valence-corrected chi connectivity index (χ4v) is 2.64. The number of rotatable bonds is 3. The summed E-state index contributed by atoms with van der Waals surface area (Å²) < 4.78 is 0.599. The first-order valence-corrected chi connectivity index (χ1v) is 7.59. The van der Waals surface area contributed by atoms with Crippen molar-refractivity contribution in [1.82, 2.24) is 9.97 Å². The number of thiophene rings is 1. The van der Waals surface area contributed by atoms with E-state index in [1.165, 1.54) is 0 Å². The third-order valence-electron chi connectivity index (χ3n) is 2.60. The first-order valence-electron chi connectivity index (χ1n) is 5.85. The van der Waals surface area contributed by atoms with E-state index in [0.29, 0.717) is 16.0 Å². The van der Waals surface area contributed by atoms with Crippen LogP contribution in [-0.4, -0.2) is 15.9 Å². The van der Waals surface area contributed by atoms with E-state index in [9.17, 15) is 4.79 Å². The summed E-state index contributed by atoms with van der Waals surface area (Å²) in [5.74, 6) is 0.621. The van der Waals surface area contributed by atoms with Gasteiger partial charge in [0.1, 0.15) is 11.5 Å². The molecule has 6 heteroatoms. The lowest BCUT2D eigenvalue weighted by atomic mass is 10.2. The second-order valence-corrected chi connectivity index (χ2v) is 6.10. The smallest absolute Gasteiger partial charge is 0.275 e. The zero-order chi connectivity index (χ0) is 14.0. The molecule has 0 saturated heterocycles. The van der Waals surface area contributed by atoms with E-state index in [0.717, 1.165) is 11.3 Å². The average molecular weight is 340 g/mol. The number of carbonyl (C=O) groups is 1. The van der Waals surface area contributed by atoms with Gasteiger partial charge in [-0.2, -0.15) is 0 Å². The molecule has 0 aliphatic rings. The topological polar surface area (TPSA) is 54.9 Å². The Bertz CT molecular complexity index is 610. The van der Waals surface area contributed by atoms with E-state index in [4.69, 9.17) is 0 Å². The minimum absolute atomic E-state index is 0.183. The lowest BCUT2D eigenvalue weighted by Crippen LogP contribution is -2.16. The van der Waals surface area contributed by atoms with E-state index < -0.39 is 0 Å². The lowest BCUT2D eigenvalue weighted by Gasteiger charge is -2.08. The Balaban J connectivity index is 2.28. The molecule has 2 aromatic rings. The molecule has 2 rings (SSSR count). The molecule has 0 unspecified atom stereocenters. The van der Waals surface area contributed by atoms with Gasteiger partial charge in [0, 0.05) is 17.5 Å². The molecule has 0 radical (unpaired) electrons. The highest BCUT2D eigenvalue weighted by Crippen LogP contribution is 2.22. The van der Waals surface area contributed by atoms with Gasteiger partial charge in [0.2, 0.25) is 0 Å². The highest BCUT2D eigenvalue weighted by atomic mass is 79.9. The third-order valence-corrected chi connectivity index (χ3v) is 4.04. The van der Waals surface area contributed by atoms with Crippen molar-refractivity contribution in [2.24, 2.45) is 0 Å². The first-order chi connectivity index (χ1) is 8.99. The number of nitrogens with zero attached hydrogens (tertiary/aromatic N) is 2. The summed E-state index contributed by atoms with van der Waals surface area (Å²) in [6, 6.07) is 0. The number of amides is 1. The molecule has 2 heterocycles. The van der Waals surface area contributed by atoms with Crippen LogP contribution in [0.25, 0.3) is 0 Å². The molecule has 100 valence electrons. The van der Waals surface area contributed by atoms with Gasteiger partial charge in [-0.25, -0.2) is 9.97 Å². The van der Waals surface area contributed by atoms with Crippen molar-refractivity contribution < 1.29 is 4.79 Å². The van der Waals surface area contributed by atoms with Crippen molar-refractivity contribution in [2.75, 3.05) is 5.32 Å². The normalized spacial score (nSPS) is 10.8. The molecule has 0 atom stereocenters. The van der Waals surface area contributed by atoms with Crippen molar-refractivity contribution in [3.8, 4) is 0 Å². The number of halogens is 1. The van der Waals surface area contributed by atoms with Crippen LogP contribution in [-0.2, 0) is 0 Å². The SMILES string of the molecule is Cc1cscc1NC(=O)c1nc(C(C)C)ncc1Br. The summed E-state index contributed by atoms with van der Waals surface area (Å²) in [4.78, 5) is 20.7. The molecule has 0 bridgehead atoms. The van der Waals surface area contributed by atoms with Gasteiger partial charge in [0.25, 0.3) is 5.91 Å². The summed E-state index contributed by atoms with van der Waals surface area (Å²) in [6.45, 7) is 5.95. The van der Waals surface area contributed by atoms with E-state index in [-0.39, 0.29) is 11.8 Å². The Morgan fingerprint density at radius 2 is 2.16 bits per heavy atom. The number of aromatic nitrogens is 2. The van der Waals surface area contributed by atoms with Crippen molar-refractivity contribution >= 4 is 38.9 Å². The van der Waals surface area contributed by atoms with Gasteiger partial charge in [0.15, 0.2) is 0 Å². The second-order valence-electron chi connectivity index (χ2n) is 4.50. The monoisotopic (exact) mass is 339 g/mol. The van der Waals surface area contributed by atoms with E-state index in [1.54, 1.807) is 17.5 Å².